The fraction of sp³-hybridized carbons (Fsp3) is 0.200. The van der Waals surface area contributed by atoms with Gasteiger partial charge < -0.3 is 10.5 Å². The third kappa shape index (κ3) is 4.87. The molecule has 0 saturated heterocycles. The van der Waals surface area contributed by atoms with Crippen LogP contribution in [0.15, 0.2) is 71.6 Å². The smallest absolute Gasteiger partial charge is 0.237 e. The van der Waals surface area contributed by atoms with E-state index in [2.05, 4.69) is 62.3 Å². The van der Waals surface area contributed by atoms with Crippen molar-refractivity contribution >= 4 is 15.9 Å². The van der Waals surface area contributed by atoms with E-state index in [1.165, 1.54) is 11.1 Å². The lowest BCUT2D eigenvalue weighted by Gasteiger charge is -2.18. The van der Waals surface area contributed by atoms with Gasteiger partial charge in [0.15, 0.2) is 0 Å². The first-order valence-electron chi connectivity index (χ1n) is 8.25. The number of hydrogen-bond donors (Lipinski definition) is 1. The summed E-state index contributed by atoms with van der Waals surface area (Å²) in [5, 5.41) is 0. The summed E-state index contributed by atoms with van der Waals surface area (Å²) in [5.41, 5.74) is 8.27. The predicted molar refractivity (Wildman–Crippen MR) is 103 cm³/mol. The number of benzene rings is 2. The van der Waals surface area contributed by atoms with Crippen LogP contribution in [-0.4, -0.2) is 16.5 Å². The van der Waals surface area contributed by atoms with E-state index in [4.69, 9.17) is 10.5 Å². The SMILES string of the molecule is NCCCC(c1ccc(Br)cc1)c1ccc(Oc2cnccn2)cc1. The summed E-state index contributed by atoms with van der Waals surface area (Å²) in [6.45, 7) is 0.695. The zero-order valence-corrected chi connectivity index (χ0v) is 15.4. The molecule has 0 bridgehead atoms. The van der Waals surface area contributed by atoms with Gasteiger partial charge in [-0.1, -0.05) is 40.2 Å². The Labute approximate surface area is 156 Å². The Bertz CT molecular complexity index is 776. The van der Waals surface area contributed by atoms with Crippen molar-refractivity contribution in [2.75, 3.05) is 6.54 Å². The lowest BCUT2D eigenvalue weighted by molar-refractivity contribution is 0.460. The van der Waals surface area contributed by atoms with Crippen LogP contribution in [0.4, 0.5) is 0 Å². The summed E-state index contributed by atoms with van der Waals surface area (Å²) in [7, 11) is 0. The monoisotopic (exact) mass is 397 g/mol. The fourth-order valence-corrected chi connectivity index (χ4v) is 3.03. The predicted octanol–water partition coefficient (Wildman–Crippen LogP) is 4.90. The van der Waals surface area contributed by atoms with Crippen molar-refractivity contribution in [3.8, 4) is 11.6 Å². The lowest BCUT2D eigenvalue weighted by atomic mass is 9.87. The third-order valence-electron chi connectivity index (χ3n) is 4.01. The maximum Gasteiger partial charge on any atom is 0.237 e. The van der Waals surface area contributed by atoms with Crippen molar-refractivity contribution in [2.45, 2.75) is 18.8 Å². The van der Waals surface area contributed by atoms with E-state index in [0.717, 1.165) is 23.1 Å². The van der Waals surface area contributed by atoms with Crippen molar-refractivity contribution in [3.63, 3.8) is 0 Å². The Morgan fingerprint density at radius 1 is 0.960 bits per heavy atom. The van der Waals surface area contributed by atoms with Crippen LogP contribution in [0, 0.1) is 0 Å². The van der Waals surface area contributed by atoms with E-state index >= 15 is 0 Å². The molecule has 0 fully saturated rings. The molecule has 0 aliphatic rings. The standard InChI is InChI=1S/C20H20BrN3O/c21-17-7-3-15(4-8-17)19(2-1-11-22)16-5-9-18(10-6-16)25-20-14-23-12-13-24-20/h3-10,12-14,19H,1-2,11,22H2. The van der Waals surface area contributed by atoms with E-state index in [1.807, 2.05) is 12.1 Å². The average molecular weight is 398 g/mol. The highest BCUT2D eigenvalue weighted by molar-refractivity contribution is 9.10. The molecule has 1 unspecified atom stereocenters. The highest BCUT2D eigenvalue weighted by Gasteiger charge is 2.14. The lowest BCUT2D eigenvalue weighted by Crippen LogP contribution is -2.06. The maximum atomic E-state index is 5.73. The normalized spacial score (nSPS) is 11.9. The second-order valence-corrected chi connectivity index (χ2v) is 6.67. The van der Waals surface area contributed by atoms with Crippen LogP contribution in [0.3, 0.4) is 0 Å². The zero-order valence-electron chi connectivity index (χ0n) is 13.8. The minimum Gasteiger partial charge on any atom is -0.438 e. The molecule has 0 amide bonds. The van der Waals surface area contributed by atoms with Crippen molar-refractivity contribution in [3.05, 3.63) is 82.7 Å². The van der Waals surface area contributed by atoms with E-state index in [9.17, 15) is 0 Å². The van der Waals surface area contributed by atoms with Gasteiger partial charge in [0.2, 0.25) is 5.88 Å². The Balaban J connectivity index is 1.79. The minimum absolute atomic E-state index is 0.321. The van der Waals surface area contributed by atoms with Gasteiger partial charge in [0.25, 0.3) is 0 Å². The van der Waals surface area contributed by atoms with Crippen molar-refractivity contribution in [1.82, 2.24) is 9.97 Å². The van der Waals surface area contributed by atoms with Crippen LogP contribution in [0.2, 0.25) is 0 Å². The van der Waals surface area contributed by atoms with Crippen LogP contribution in [0.25, 0.3) is 0 Å². The Hall–Kier alpha value is -2.24. The molecule has 0 aliphatic heterocycles. The Morgan fingerprint density at radius 2 is 1.64 bits per heavy atom. The summed E-state index contributed by atoms with van der Waals surface area (Å²) in [4.78, 5) is 8.13. The van der Waals surface area contributed by atoms with Crippen LogP contribution in [0.1, 0.15) is 29.9 Å². The number of halogens is 1. The van der Waals surface area contributed by atoms with Gasteiger partial charge in [0.1, 0.15) is 5.75 Å². The Morgan fingerprint density at radius 3 is 2.24 bits per heavy atom. The number of ether oxygens (including phenoxy) is 1. The van der Waals surface area contributed by atoms with Crippen molar-refractivity contribution < 1.29 is 4.74 Å². The number of nitrogens with zero attached hydrogens (tertiary/aromatic N) is 2. The second-order valence-electron chi connectivity index (χ2n) is 5.75. The van der Waals surface area contributed by atoms with Crippen LogP contribution in [0.5, 0.6) is 11.6 Å². The van der Waals surface area contributed by atoms with E-state index in [0.29, 0.717) is 18.3 Å². The maximum absolute atomic E-state index is 5.73. The summed E-state index contributed by atoms with van der Waals surface area (Å²) >= 11 is 3.50. The number of hydrogen-bond acceptors (Lipinski definition) is 4. The zero-order chi connectivity index (χ0) is 17.5. The van der Waals surface area contributed by atoms with Crippen molar-refractivity contribution in [1.29, 1.82) is 0 Å². The summed E-state index contributed by atoms with van der Waals surface area (Å²) in [6, 6.07) is 16.6. The molecule has 128 valence electrons. The van der Waals surface area contributed by atoms with E-state index in [-0.39, 0.29) is 0 Å². The first-order chi connectivity index (χ1) is 12.3. The summed E-state index contributed by atoms with van der Waals surface area (Å²) in [5.74, 6) is 1.56. The van der Waals surface area contributed by atoms with Crippen molar-refractivity contribution in [2.24, 2.45) is 5.73 Å². The number of rotatable bonds is 7. The molecule has 1 heterocycles. The summed E-state index contributed by atoms with van der Waals surface area (Å²) in [6.07, 6.45) is 6.83. The van der Waals surface area contributed by atoms with Crippen LogP contribution in [-0.2, 0) is 0 Å². The molecule has 2 N–H and O–H groups in total. The molecule has 25 heavy (non-hydrogen) atoms. The summed E-state index contributed by atoms with van der Waals surface area (Å²) < 4.78 is 6.80. The van der Waals surface area contributed by atoms with E-state index < -0.39 is 0 Å². The van der Waals surface area contributed by atoms with Crippen LogP contribution < -0.4 is 10.5 Å². The molecule has 1 atom stereocenters. The molecular weight excluding hydrogens is 378 g/mol. The van der Waals surface area contributed by atoms with Gasteiger partial charge in [-0.25, -0.2) is 4.98 Å². The van der Waals surface area contributed by atoms with Gasteiger partial charge >= 0.3 is 0 Å². The molecule has 4 nitrogen and oxygen atoms in total. The first-order valence-corrected chi connectivity index (χ1v) is 9.05. The first kappa shape index (κ1) is 17.6. The Kier molecular flexibility index (Phi) is 6.14. The van der Waals surface area contributed by atoms with Crippen LogP contribution >= 0.6 is 15.9 Å². The quantitative estimate of drug-likeness (QED) is 0.615. The molecule has 0 radical (unpaired) electrons. The molecule has 2 aromatic carbocycles. The molecule has 3 aromatic rings. The highest BCUT2D eigenvalue weighted by atomic mass is 79.9. The minimum atomic E-state index is 0.321. The third-order valence-corrected chi connectivity index (χ3v) is 4.54. The van der Waals surface area contributed by atoms with Gasteiger partial charge in [-0.2, -0.15) is 0 Å². The molecule has 0 aliphatic carbocycles. The largest absolute Gasteiger partial charge is 0.438 e. The topological polar surface area (TPSA) is 61.0 Å². The molecule has 0 saturated carbocycles. The van der Waals surface area contributed by atoms with E-state index in [1.54, 1.807) is 18.6 Å². The number of nitrogens with two attached hydrogens (primary N) is 1. The second kappa shape index (κ2) is 8.74. The number of aromatic nitrogens is 2. The molecule has 3 rings (SSSR count). The fourth-order valence-electron chi connectivity index (χ4n) is 2.77. The molecular formula is C20H20BrN3O. The molecule has 1 aromatic heterocycles. The van der Waals surface area contributed by atoms with Gasteiger partial charge in [-0.15, -0.1) is 0 Å². The molecule has 0 spiro atoms. The van der Waals surface area contributed by atoms with Gasteiger partial charge in [0, 0.05) is 22.8 Å². The van der Waals surface area contributed by atoms with Gasteiger partial charge in [-0.05, 0) is 54.8 Å². The van der Waals surface area contributed by atoms with Gasteiger partial charge in [0.05, 0.1) is 6.20 Å². The average Bonchev–Trinajstić information content (AvgIpc) is 2.65. The highest BCUT2D eigenvalue weighted by Crippen LogP contribution is 2.31. The molecule has 5 heteroatoms. The van der Waals surface area contributed by atoms with Gasteiger partial charge in [-0.3, -0.25) is 4.98 Å².